The minimum Gasteiger partial charge on any atom is -0.549 e. The van der Waals surface area contributed by atoms with Gasteiger partial charge in [-0.05, 0) is 112 Å². The third kappa shape index (κ3) is 5.91. The predicted octanol–water partition coefficient (Wildman–Crippen LogP) is -4.80. The van der Waals surface area contributed by atoms with Crippen LogP contribution in [0, 0.1) is 52.8 Å². The molecule has 4 bridgehead atoms. The van der Waals surface area contributed by atoms with Crippen molar-refractivity contribution >= 4 is 22.1 Å². The molecule has 0 amide bonds. The van der Waals surface area contributed by atoms with Crippen molar-refractivity contribution in [2.45, 2.75) is 94.5 Å². The standard InChI is InChI=1S/C28H42O9S.2Na/c29-26(30)25(38(33,34)35)28(27(31)32,7-9-36-23-13-15-11-21(23)19-5-1-3-17(15)19)8-10-37-24-14-16-12-22(24)20-6-2-4-18(16)20;;/h15-25H,1-14H2,(H,29,30)(H,31,32)(H,33,34,35);;/q;2*+1/p-2. The first-order valence-corrected chi connectivity index (χ1v) is 16.2. The fourth-order valence-electron chi connectivity index (χ4n) is 10.5. The van der Waals surface area contributed by atoms with E-state index in [0.29, 0.717) is 35.5 Å². The molecule has 6 aliphatic rings. The van der Waals surface area contributed by atoms with Gasteiger partial charge in [-0.3, -0.25) is 4.55 Å². The monoisotopic (exact) mass is 598 g/mol. The quantitative estimate of drug-likeness (QED) is 0.172. The second-order valence-electron chi connectivity index (χ2n) is 13.3. The Balaban J connectivity index is 0.00000185. The van der Waals surface area contributed by atoms with Gasteiger partial charge in [-0.25, -0.2) is 0 Å². The summed E-state index contributed by atoms with van der Waals surface area (Å²) >= 11 is 0. The number of carboxylic acid groups (broad SMARTS) is 2. The summed E-state index contributed by atoms with van der Waals surface area (Å²) < 4.78 is 46.5. The van der Waals surface area contributed by atoms with Crippen molar-refractivity contribution in [3.8, 4) is 0 Å². The average molecular weight is 599 g/mol. The molecule has 6 fully saturated rings. The summed E-state index contributed by atoms with van der Waals surface area (Å²) in [6.07, 6.45) is 10.5. The first-order valence-electron chi connectivity index (χ1n) is 14.7. The van der Waals surface area contributed by atoms with E-state index in [0.717, 1.165) is 37.5 Å². The van der Waals surface area contributed by atoms with Crippen molar-refractivity contribution in [3.63, 3.8) is 0 Å². The third-order valence-corrected chi connectivity index (χ3v) is 13.2. The van der Waals surface area contributed by atoms with Gasteiger partial charge in [-0.2, -0.15) is 8.42 Å². The number of aliphatic carboxylic acids is 2. The topological polar surface area (TPSA) is 153 Å². The summed E-state index contributed by atoms with van der Waals surface area (Å²) in [7, 11) is -5.30. The number of rotatable bonds is 12. The van der Waals surface area contributed by atoms with E-state index >= 15 is 0 Å². The molecule has 0 spiro atoms. The van der Waals surface area contributed by atoms with Crippen LogP contribution in [0.4, 0.5) is 0 Å². The molecule has 0 saturated heterocycles. The van der Waals surface area contributed by atoms with Crippen molar-refractivity contribution in [1.29, 1.82) is 0 Å². The van der Waals surface area contributed by atoms with Crippen molar-refractivity contribution < 1.29 is 101 Å². The molecular formula is C28H40Na2O9S. The minimum absolute atomic E-state index is 0. The maximum Gasteiger partial charge on any atom is 1.00 e. The van der Waals surface area contributed by atoms with Gasteiger partial charge < -0.3 is 29.3 Å². The van der Waals surface area contributed by atoms with Crippen LogP contribution in [0.5, 0.6) is 0 Å². The van der Waals surface area contributed by atoms with Crippen LogP contribution in [0.15, 0.2) is 0 Å². The first kappa shape index (κ1) is 33.7. The smallest absolute Gasteiger partial charge is 0.549 e. The molecule has 6 rings (SSSR count). The van der Waals surface area contributed by atoms with E-state index in [9.17, 15) is 32.8 Å². The van der Waals surface area contributed by atoms with E-state index in [1.165, 1.54) is 38.5 Å². The Hall–Kier alpha value is 0.770. The van der Waals surface area contributed by atoms with Crippen molar-refractivity contribution in [3.05, 3.63) is 0 Å². The van der Waals surface area contributed by atoms with Crippen LogP contribution in [-0.2, 0) is 29.2 Å². The van der Waals surface area contributed by atoms with E-state index in [-0.39, 0.29) is 84.5 Å². The Morgan fingerprint density at radius 2 is 1.18 bits per heavy atom. The number of ether oxygens (including phenoxy) is 2. The molecule has 0 aromatic carbocycles. The van der Waals surface area contributed by atoms with E-state index < -0.39 is 45.6 Å². The Morgan fingerprint density at radius 3 is 1.55 bits per heavy atom. The van der Waals surface area contributed by atoms with Crippen molar-refractivity contribution in [1.82, 2.24) is 0 Å². The van der Waals surface area contributed by atoms with Gasteiger partial charge in [0.2, 0.25) is 0 Å². The molecule has 9 nitrogen and oxygen atoms in total. The van der Waals surface area contributed by atoms with Gasteiger partial charge in [-0.1, -0.05) is 12.8 Å². The summed E-state index contributed by atoms with van der Waals surface area (Å²) in [5.74, 6) is 0.856. The van der Waals surface area contributed by atoms with Gasteiger partial charge >= 0.3 is 59.1 Å². The Bertz CT molecular complexity index is 1010. The molecule has 12 heteroatoms. The number of hydrogen-bond donors (Lipinski definition) is 1. The molecule has 214 valence electrons. The third-order valence-electron chi connectivity index (χ3n) is 11.9. The summed E-state index contributed by atoms with van der Waals surface area (Å²) in [4.78, 5) is 24.5. The number of carbonyl (C=O) groups is 2. The van der Waals surface area contributed by atoms with Gasteiger partial charge in [0.15, 0.2) is 0 Å². The van der Waals surface area contributed by atoms with Crippen LogP contribution in [0.3, 0.4) is 0 Å². The fourth-order valence-corrected chi connectivity index (χ4v) is 11.7. The summed E-state index contributed by atoms with van der Waals surface area (Å²) in [6.45, 7) is -0.257. The summed E-state index contributed by atoms with van der Waals surface area (Å²) in [5.41, 5.74) is -2.42. The van der Waals surface area contributed by atoms with Gasteiger partial charge in [0.1, 0.15) is 5.25 Å². The van der Waals surface area contributed by atoms with Crippen LogP contribution in [0.2, 0.25) is 0 Å². The number of hydrogen-bond acceptors (Lipinski definition) is 8. The second kappa shape index (κ2) is 13.0. The Labute approximate surface area is 281 Å². The SMILES string of the molecule is O=C([O-])C(C(CCOC1CC2CC1C1CCCC21)(CCOC1CC2CC1C1CCCC21)C(=O)[O-])S(=O)(=O)O.[Na+].[Na+]. The molecule has 0 aromatic rings. The van der Waals surface area contributed by atoms with Crippen LogP contribution in [0.25, 0.3) is 0 Å². The maximum atomic E-state index is 12.5. The molecule has 11 atom stereocenters. The average Bonchev–Trinajstić information content (AvgIpc) is 3.65. The number of carboxylic acids is 2. The molecule has 11 unspecified atom stereocenters. The zero-order valence-corrected chi connectivity index (χ0v) is 28.7. The van der Waals surface area contributed by atoms with E-state index in [1.807, 2.05) is 0 Å². The molecule has 0 radical (unpaired) electrons. The van der Waals surface area contributed by atoms with Gasteiger partial charge in [-0.15, -0.1) is 0 Å². The van der Waals surface area contributed by atoms with Gasteiger partial charge in [0.25, 0.3) is 10.1 Å². The number of carbonyl (C=O) groups excluding carboxylic acids is 2. The summed E-state index contributed by atoms with van der Waals surface area (Å²) in [6, 6.07) is 0. The van der Waals surface area contributed by atoms with Crippen LogP contribution < -0.4 is 69.3 Å². The Kier molecular flexibility index (Phi) is 11.0. The normalized spacial score (nSPS) is 41.0. The van der Waals surface area contributed by atoms with Gasteiger partial charge in [0.05, 0.1) is 18.2 Å². The molecular weight excluding hydrogens is 558 g/mol. The molecule has 40 heavy (non-hydrogen) atoms. The van der Waals surface area contributed by atoms with E-state index in [1.54, 1.807) is 0 Å². The predicted molar refractivity (Wildman–Crippen MR) is 131 cm³/mol. The molecule has 6 saturated carbocycles. The van der Waals surface area contributed by atoms with Crippen molar-refractivity contribution in [2.75, 3.05) is 13.2 Å². The zero-order chi connectivity index (χ0) is 26.8. The number of fused-ring (bicyclic) bond motifs is 10. The van der Waals surface area contributed by atoms with Crippen molar-refractivity contribution in [2.24, 2.45) is 52.8 Å². The largest absolute Gasteiger partial charge is 1.00 e. The van der Waals surface area contributed by atoms with Crippen LogP contribution in [-0.4, -0.2) is 55.6 Å². The second-order valence-corrected chi connectivity index (χ2v) is 14.8. The maximum absolute atomic E-state index is 12.5. The first-order chi connectivity index (χ1) is 18.1. The molecule has 1 N–H and O–H groups in total. The minimum atomic E-state index is -5.30. The van der Waals surface area contributed by atoms with Gasteiger partial charge in [0, 0.05) is 24.6 Å². The molecule has 0 aliphatic heterocycles. The zero-order valence-electron chi connectivity index (χ0n) is 23.9. The van der Waals surface area contributed by atoms with Crippen LogP contribution >= 0.6 is 0 Å². The Morgan fingerprint density at radius 1 is 0.750 bits per heavy atom. The van der Waals surface area contributed by atoms with Crippen LogP contribution in [0.1, 0.15) is 77.0 Å². The molecule has 0 aromatic heterocycles. The van der Waals surface area contributed by atoms with E-state index in [2.05, 4.69) is 0 Å². The fraction of sp³-hybridized carbons (Fsp3) is 0.929. The molecule has 6 aliphatic carbocycles. The summed E-state index contributed by atoms with van der Waals surface area (Å²) in [5, 5.41) is 21.8. The molecule has 0 heterocycles. The van der Waals surface area contributed by atoms with E-state index in [4.69, 9.17) is 9.47 Å².